The molecule has 2 nitrogen and oxygen atoms in total. The molecule has 0 amide bonds. The zero-order valence-electron chi connectivity index (χ0n) is 23.3. The highest BCUT2D eigenvalue weighted by atomic mass is 32.1. The highest BCUT2D eigenvalue weighted by Crippen LogP contribution is 2.48. The van der Waals surface area contributed by atoms with Crippen LogP contribution in [0.3, 0.4) is 0 Å². The van der Waals surface area contributed by atoms with Crippen LogP contribution in [0.1, 0.15) is 25.1 Å². The Morgan fingerprint density at radius 2 is 1.21 bits per heavy atom. The van der Waals surface area contributed by atoms with Crippen LogP contribution in [0.4, 0.5) is 0 Å². The van der Waals surface area contributed by atoms with E-state index in [9.17, 15) is 0 Å². The highest BCUT2D eigenvalue weighted by molar-refractivity contribution is 7.25. The lowest BCUT2D eigenvalue weighted by Gasteiger charge is -2.20. The first-order valence-electron chi connectivity index (χ1n) is 14.4. The summed E-state index contributed by atoms with van der Waals surface area (Å²) in [6, 6.07) is 43.9. The second-order valence-electron chi connectivity index (χ2n) is 11.8. The van der Waals surface area contributed by atoms with Crippen LogP contribution in [0.15, 0.2) is 121 Å². The van der Waals surface area contributed by atoms with Crippen molar-refractivity contribution in [2.45, 2.75) is 19.3 Å². The molecule has 0 aliphatic heterocycles. The van der Waals surface area contributed by atoms with E-state index in [0.717, 1.165) is 38.8 Å². The first-order valence-corrected chi connectivity index (χ1v) is 15.2. The molecule has 0 N–H and O–H groups in total. The number of nitrogens with zero attached hydrogens (tertiary/aromatic N) is 2. The lowest BCUT2D eigenvalue weighted by atomic mass is 9.85. The van der Waals surface area contributed by atoms with Crippen LogP contribution < -0.4 is 0 Å². The second-order valence-corrected chi connectivity index (χ2v) is 12.9. The standard InChI is InChI=1S/C39H26N2S/c1-39(2)32-9-5-3-7-28(32)31-22-27-16-15-25-17-19-33(40-36(25)37(27)41-38(31)39)24-13-11-23(12-14-24)26-18-20-35-30(21-26)29-8-4-6-10-34(29)42-35/h3-22H,1-2H3. The maximum Gasteiger partial charge on any atom is 0.0972 e. The molecule has 1 aliphatic rings. The van der Waals surface area contributed by atoms with Crippen LogP contribution in [0, 0.1) is 0 Å². The van der Waals surface area contributed by atoms with Gasteiger partial charge in [0.05, 0.1) is 22.4 Å². The molecule has 8 aromatic rings. The predicted octanol–water partition coefficient (Wildman–Crippen LogP) is 10.8. The molecule has 1 aliphatic carbocycles. The molecule has 3 aromatic heterocycles. The van der Waals surface area contributed by atoms with Crippen molar-refractivity contribution in [2.24, 2.45) is 0 Å². The smallest absolute Gasteiger partial charge is 0.0972 e. The summed E-state index contributed by atoms with van der Waals surface area (Å²) in [5.74, 6) is 0. The number of thiophene rings is 1. The number of hydrogen-bond donors (Lipinski definition) is 0. The van der Waals surface area contributed by atoms with Crippen molar-refractivity contribution < 1.29 is 0 Å². The summed E-state index contributed by atoms with van der Waals surface area (Å²) in [6.45, 7) is 4.56. The topological polar surface area (TPSA) is 25.8 Å². The molecule has 5 aromatic carbocycles. The molecule has 3 heteroatoms. The zero-order chi connectivity index (χ0) is 28.0. The fraction of sp³-hybridized carbons (Fsp3) is 0.0769. The van der Waals surface area contributed by atoms with Crippen molar-refractivity contribution in [1.82, 2.24) is 9.97 Å². The molecule has 0 atom stereocenters. The van der Waals surface area contributed by atoms with Crippen LogP contribution in [-0.2, 0) is 5.41 Å². The van der Waals surface area contributed by atoms with E-state index in [4.69, 9.17) is 9.97 Å². The van der Waals surface area contributed by atoms with Crippen LogP contribution in [0.5, 0.6) is 0 Å². The SMILES string of the molecule is CC1(C)c2ccccc2-c2cc3ccc4ccc(-c5ccc(-c6ccc7sc8ccccc8c7c6)cc5)nc4c3nc21. The molecule has 9 rings (SSSR count). The molecule has 0 fully saturated rings. The van der Waals surface area contributed by atoms with Gasteiger partial charge in [-0.25, -0.2) is 9.97 Å². The van der Waals surface area contributed by atoms with Gasteiger partial charge in [0.1, 0.15) is 0 Å². The van der Waals surface area contributed by atoms with Crippen molar-refractivity contribution in [1.29, 1.82) is 0 Å². The third-order valence-electron chi connectivity index (χ3n) is 9.02. The first kappa shape index (κ1) is 23.8. The van der Waals surface area contributed by atoms with E-state index in [2.05, 4.69) is 135 Å². The Labute approximate surface area is 247 Å². The molecule has 3 heterocycles. The van der Waals surface area contributed by atoms with Gasteiger partial charge in [-0.1, -0.05) is 105 Å². The van der Waals surface area contributed by atoms with Crippen LogP contribution in [-0.4, -0.2) is 9.97 Å². The van der Waals surface area contributed by atoms with Gasteiger partial charge >= 0.3 is 0 Å². The molecule has 42 heavy (non-hydrogen) atoms. The fourth-order valence-electron chi connectivity index (χ4n) is 6.79. The Hall–Kier alpha value is -4.86. The molecular weight excluding hydrogens is 529 g/mol. The van der Waals surface area contributed by atoms with E-state index in [1.807, 2.05) is 11.3 Å². The average Bonchev–Trinajstić information content (AvgIpc) is 3.51. The molecule has 0 unspecified atom stereocenters. The van der Waals surface area contributed by atoms with Crippen molar-refractivity contribution >= 4 is 53.3 Å². The maximum atomic E-state index is 5.32. The first-order chi connectivity index (χ1) is 20.5. The summed E-state index contributed by atoms with van der Waals surface area (Å²) in [6.07, 6.45) is 0. The number of benzene rings is 5. The van der Waals surface area contributed by atoms with E-state index in [1.54, 1.807) is 0 Å². The predicted molar refractivity (Wildman–Crippen MR) is 178 cm³/mol. The second kappa shape index (κ2) is 8.58. The van der Waals surface area contributed by atoms with Gasteiger partial charge in [0.25, 0.3) is 0 Å². The van der Waals surface area contributed by atoms with Crippen molar-refractivity contribution in [2.75, 3.05) is 0 Å². The van der Waals surface area contributed by atoms with Gasteiger partial charge in [0, 0.05) is 47.5 Å². The summed E-state index contributed by atoms with van der Waals surface area (Å²) in [4.78, 5) is 10.5. The zero-order valence-corrected chi connectivity index (χ0v) is 24.2. The summed E-state index contributed by atoms with van der Waals surface area (Å²) >= 11 is 1.86. The Kier molecular flexibility index (Phi) is 4.86. The summed E-state index contributed by atoms with van der Waals surface area (Å²) in [7, 11) is 0. The van der Waals surface area contributed by atoms with Gasteiger partial charge in [-0.2, -0.15) is 0 Å². The Balaban J connectivity index is 1.13. The Morgan fingerprint density at radius 1 is 0.524 bits per heavy atom. The van der Waals surface area contributed by atoms with Gasteiger partial charge in [-0.05, 0) is 52.6 Å². The van der Waals surface area contributed by atoms with Gasteiger partial charge in [0.2, 0.25) is 0 Å². The maximum absolute atomic E-state index is 5.32. The third kappa shape index (κ3) is 3.38. The van der Waals surface area contributed by atoms with Crippen molar-refractivity contribution in [3.8, 4) is 33.5 Å². The quantitative estimate of drug-likeness (QED) is 0.199. The molecule has 0 saturated heterocycles. The van der Waals surface area contributed by atoms with Gasteiger partial charge in [-0.15, -0.1) is 11.3 Å². The minimum Gasteiger partial charge on any atom is -0.249 e. The highest BCUT2D eigenvalue weighted by Gasteiger charge is 2.37. The Morgan fingerprint density at radius 3 is 2.12 bits per heavy atom. The van der Waals surface area contributed by atoms with E-state index in [0.29, 0.717) is 0 Å². The fourth-order valence-corrected chi connectivity index (χ4v) is 7.88. The van der Waals surface area contributed by atoms with Crippen LogP contribution >= 0.6 is 11.3 Å². The van der Waals surface area contributed by atoms with Crippen molar-refractivity contribution in [3.63, 3.8) is 0 Å². The summed E-state index contributed by atoms with van der Waals surface area (Å²) < 4.78 is 2.66. The van der Waals surface area contributed by atoms with E-state index < -0.39 is 0 Å². The minimum atomic E-state index is -0.145. The summed E-state index contributed by atoms with van der Waals surface area (Å²) in [5, 5.41) is 4.89. The lowest BCUT2D eigenvalue weighted by Crippen LogP contribution is -2.16. The Bertz CT molecular complexity index is 2380. The number of fused-ring (bicyclic) bond motifs is 9. The molecular formula is C39H26N2S. The van der Waals surface area contributed by atoms with Crippen LogP contribution in [0.25, 0.3) is 75.5 Å². The van der Waals surface area contributed by atoms with Crippen molar-refractivity contribution in [3.05, 3.63) is 133 Å². The minimum absolute atomic E-state index is 0.145. The largest absolute Gasteiger partial charge is 0.249 e. The third-order valence-corrected chi connectivity index (χ3v) is 10.2. The summed E-state index contributed by atoms with van der Waals surface area (Å²) in [5.41, 5.74) is 11.3. The molecule has 0 radical (unpaired) electrons. The number of aromatic nitrogens is 2. The lowest BCUT2D eigenvalue weighted by molar-refractivity contribution is 0.640. The van der Waals surface area contributed by atoms with Gasteiger partial charge in [0.15, 0.2) is 0 Å². The molecule has 0 bridgehead atoms. The van der Waals surface area contributed by atoms with E-state index in [-0.39, 0.29) is 5.41 Å². The number of pyridine rings is 2. The van der Waals surface area contributed by atoms with E-state index >= 15 is 0 Å². The number of rotatable bonds is 2. The van der Waals surface area contributed by atoms with E-state index in [1.165, 1.54) is 48.0 Å². The van der Waals surface area contributed by atoms with Crippen LogP contribution in [0.2, 0.25) is 0 Å². The van der Waals surface area contributed by atoms with Gasteiger partial charge in [-0.3, -0.25) is 0 Å². The van der Waals surface area contributed by atoms with Gasteiger partial charge < -0.3 is 0 Å². The molecule has 198 valence electrons. The average molecular weight is 555 g/mol. The molecule has 0 saturated carbocycles. The normalized spacial score (nSPS) is 13.7. The monoisotopic (exact) mass is 554 g/mol. The molecule has 0 spiro atoms. The number of hydrogen-bond acceptors (Lipinski definition) is 3.